The highest BCUT2D eigenvalue weighted by atomic mass is 79.9. The van der Waals surface area contributed by atoms with Crippen molar-refractivity contribution in [2.75, 3.05) is 34.0 Å². The Morgan fingerprint density at radius 1 is 1.10 bits per heavy atom. The molecule has 0 aliphatic carbocycles. The largest absolute Gasteiger partial charge is 0.493 e. The molecule has 0 unspecified atom stereocenters. The number of rotatable bonds is 12. The third kappa shape index (κ3) is 8.41. The fraction of sp³-hybridized carbons (Fsp3) is 0.296. The predicted octanol–water partition coefficient (Wildman–Crippen LogP) is 2.89. The molecule has 1 heterocycles. The number of allylic oxidation sites excluding steroid dienone is 1. The fourth-order valence-corrected chi connectivity index (χ4v) is 4.42. The Bertz CT molecular complexity index is 1380. The summed E-state index contributed by atoms with van der Waals surface area (Å²) in [4.78, 5) is 36.6. The van der Waals surface area contributed by atoms with Gasteiger partial charge in [0.05, 0.1) is 38.7 Å². The maximum atomic E-state index is 12.7. The molecule has 1 aliphatic heterocycles. The molecule has 12 nitrogen and oxygen atoms in total. The van der Waals surface area contributed by atoms with Gasteiger partial charge in [-0.25, -0.2) is 15.0 Å². The molecule has 41 heavy (non-hydrogen) atoms. The maximum absolute atomic E-state index is 12.7. The van der Waals surface area contributed by atoms with Gasteiger partial charge in [-0.3, -0.25) is 4.79 Å². The van der Waals surface area contributed by atoms with Crippen LogP contribution in [0.2, 0.25) is 0 Å². The third-order valence-electron chi connectivity index (χ3n) is 5.60. The van der Waals surface area contributed by atoms with Gasteiger partial charge in [0.25, 0.3) is 5.91 Å². The molecule has 0 radical (unpaired) electrons. The topological polar surface area (TPSA) is 146 Å². The van der Waals surface area contributed by atoms with Crippen molar-refractivity contribution in [3.05, 3.63) is 63.3 Å². The number of hydrogen-bond donors (Lipinski definition) is 3. The van der Waals surface area contributed by atoms with Gasteiger partial charge in [0.1, 0.15) is 5.75 Å². The molecule has 1 amide bonds. The van der Waals surface area contributed by atoms with Crippen molar-refractivity contribution >= 4 is 57.3 Å². The summed E-state index contributed by atoms with van der Waals surface area (Å²) in [5, 5.41) is 10.3. The lowest BCUT2D eigenvalue weighted by molar-refractivity contribution is -0.143. The molecule has 0 aromatic heterocycles. The van der Waals surface area contributed by atoms with E-state index in [2.05, 4.69) is 41.8 Å². The van der Waals surface area contributed by atoms with E-state index in [1.54, 1.807) is 50.2 Å². The van der Waals surface area contributed by atoms with Crippen molar-refractivity contribution in [1.29, 1.82) is 0 Å². The van der Waals surface area contributed by atoms with Gasteiger partial charge in [0.15, 0.2) is 29.8 Å². The molecule has 3 N–H and O–H groups in total. The first-order valence-electron chi connectivity index (χ1n) is 12.2. The van der Waals surface area contributed by atoms with Crippen LogP contribution in [0.25, 0.3) is 0 Å². The first-order chi connectivity index (χ1) is 19.7. The zero-order valence-corrected chi connectivity index (χ0v) is 25.1. The number of para-hydroxylation sites is 1. The van der Waals surface area contributed by atoms with E-state index >= 15 is 0 Å². The van der Waals surface area contributed by atoms with E-state index < -0.39 is 23.9 Å². The van der Waals surface area contributed by atoms with E-state index in [1.807, 2.05) is 0 Å². The van der Waals surface area contributed by atoms with Gasteiger partial charge < -0.3 is 34.3 Å². The number of methoxy groups -OCH3 is 2. The highest BCUT2D eigenvalue weighted by molar-refractivity contribution is 9.10. The van der Waals surface area contributed by atoms with Crippen LogP contribution >= 0.6 is 28.1 Å². The minimum Gasteiger partial charge on any atom is -0.493 e. The average Bonchev–Trinajstić information content (AvgIpc) is 2.95. The zero-order chi connectivity index (χ0) is 29.9. The van der Waals surface area contributed by atoms with Crippen LogP contribution in [0.1, 0.15) is 31.0 Å². The summed E-state index contributed by atoms with van der Waals surface area (Å²) < 4.78 is 26.9. The van der Waals surface area contributed by atoms with Crippen LogP contribution in [0.4, 0.5) is 0 Å². The third-order valence-corrected chi connectivity index (χ3v) is 6.51. The number of nitrogens with zero attached hydrogens (tertiary/aromatic N) is 1. The second kappa shape index (κ2) is 15.0. The van der Waals surface area contributed by atoms with E-state index in [0.29, 0.717) is 49.2 Å². The van der Waals surface area contributed by atoms with Crippen LogP contribution in [-0.4, -0.2) is 63.2 Å². The highest BCUT2D eigenvalue weighted by Gasteiger charge is 2.32. The molecule has 218 valence electrons. The zero-order valence-electron chi connectivity index (χ0n) is 22.7. The first kappa shape index (κ1) is 31.4. The minimum absolute atomic E-state index is 0.211. The summed E-state index contributed by atoms with van der Waals surface area (Å²) in [6, 6.07) is 9.57. The molecule has 14 heteroatoms. The van der Waals surface area contributed by atoms with Crippen molar-refractivity contribution in [3.63, 3.8) is 0 Å². The van der Waals surface area contributed by atoms with E-state index in [9.17, 15) is 14.4 Å². The molecule has 0 fully saturated rings. The Balaban J connectivity index is 1.68. The molecule has 0 saturated heterocycles. The fourth-order valence-electron chi connectivity index (χ4n) is 3.72. The van der Waals surface area contributed by atoms with Gasteiger partial charge in [-0.05, 0) is 60.2 Å². The quantitative estimate of drug-likeness (QED) is 0.135. The predicted molar refractivity (Wildman–Crippen MR) is 157 cm³/mol. The molecule has 0 spiro atoms. The van der Waals surface area contributed by atoms with E-state index in [0.717, 1.165) is 0 Å². The van der Waals surface area contributed by atoms with Crippen LogP contribution in [0.3, 0.4) is 0 Å². The standard InChI is InChI=1S/C27H29BrN4O8S/c1-5-38-26(35)24-15(2)30-27(41)31-25(24)17-8-6-7-9-19(17)39-13-22(33)32-29-12-16-10-20(36-3)21(11-18(16)28)40-14-23(34)37-4/h6-12,25H,5,13-14H2,1-4H3,(H,32,33)(H2,30,31,41)/t25-/m1/s1. The number of hydrazone groups is 1. The van der Waals surface area contributed by atoms with Crippen molar-refractivity contribution in [1.82, 2.24) is 16.1 Å². The van der Waals surface area contributed by atoms with Crippen molar-refractivity contribution in [2.45, 2.75) is 19.9 Å². The van der Waals surface area contributed by atoms with Crippen LogP contribution in [0, 0.1) is 0 Å². The van der Waals surface area contributed by atoms with Crippen LogP contribution in [-0.2, 0) is 23.9 Å². The summed E-state index contributed by atoms with van der Waals surface area (Å²) in [7, 11) is 2.71. The number of thiocarbonyl (C=S) groups is 1. The SMILES string of the molecule is CCOC(=O)C1=C(C)NC(=S)N[C@@H]1c1ccccc1OCC(=O)NN=Cc1cc(OC)c(OCC(=O)OC)cc1Br. The van der Waals surface area contributed by atoms with E-state index in [-0.39, 0.29) is 19.8 Å². The Labute approximate surface area is 250 Å². The molecule has 3 rings (SSSR count). The lowest BCUT2D eigenvalue weighted by Gasteiger charge is -2.30. The van der Waals surface area contributed by atoms with Crippen molar-refractivity contribution in [2.24, 2.45) is 5.10 Å². The van der Waals surface area contributed by atoms with Gasteiger partial charge >= 0.3 is 11.9 Å². The summed E-state index contributed by atoms with van der Waals surface area (Å²) in [5.74, 6) is -0.518. The van der Waals surface area contributed by atoms with Gasteiger partial charge in [0, 0.05) is 21.3 Å². The summed E-state index contributed by atoms with van der Waals surface area (Å²) >= 11 is 8.70. The lowest BCUT2D eigenvalue weighted by atomic mass is 9.95. The number of halogens is 1. The number of carbonyl (C=O) groups is 3. The average molecular weight is 650 g/mol. The van der Waals surface area contributed by atoms with E-state index in [4.69, 9.17) is 31.2 Å². The summed E-state index contributed by atoms with van der Waals surface area (Å²) in [6.07, 6.45) is 1.40. The normalized spacial score (nSPS) is 14.6. The number of benzene rings is 2. The second-order valence-electron chi connectivity index (χ2n) is 8.30. The van der Waals surface area contributed by atoms with Gasteiger partial charge in [0.2, 0.25) is 0 Å². The number of hydrogen-bond acceptors (Lipinski definition) is 10. The summed E-state index contributed by atoms with van der Waals surface area (Å²) in [5.41, 5.74) is 4.49. The smallest absolute Gasteiger partial charge is 0.343 e. The molecular weight excluding hydrogens is 620 g/mol. The number of ether oxygens (including phenoxy) is 5. The molecule has 1 aliphatic rings. The minimum atomic E-state index is -0.646. The van der Waals surface area contributed by atoms with Crippen LogP contribution < -0.4 is 30.3 Å². The lowest BCUT2D eigenvalue weighted by Crippen LogP contribution is -2.45. The molecule has 0 bridgehead atoms. The second-order valence-corrected chi connectivity index (χ2v) is 9.56. The molecule has 1 atom stereocenters. The molecule has 0 saturated carbocycles. The number of esters is 2. The monoisotopic (exact) mass is 648 g/mol. The molecule has 2 aromatic carbocycles. The van der Waals surface area contributed by atoms with Gasteiger partial charge in [-0.2, -0.15) is 5.10 Å². The van der Waals surface area contributed by atoms with Crippen LogP contribution in [0.5, 0.6) is 17.2 Å². The Morgan fingerprint density at radius 3 is 2.54 bits per heavy atom. The van der Waals surface area contributed by atoms with Gasteiger partial charge in [-0.1, -0.05) is 18.2 Å². The Hall–Kier alpha value is -4.17. The van der Waals surface area contributed by atoms with Crippen molar-refractivity contribution in [3.8, 4) is 17.2 Å². The Kier molecular flexibility index (Phi) is 11.5. The van der Waals surface area contributed by atoms with Gasteiger partial charge in [-0.15, -0.1) is 0 Å². The number of nitrogens with one attached hydrogen (secondary N) is 3. The summed E-state index contributed by atoms with van der Waals surface area (Å²) in [6.45, 7) is 3.03. The maximum Gasteiger partial charge on any atom is 0.343 e. The number of amides is 1. The highest BCUT2D eigenvalue weighted by Crippen LogP contribution is 2.34. The van der Waals surface area contributed by atoms with Crippen molar-refractivity contribution < 1.29 is 38.1 Å². The number of carbonyl (C=O) groups excluding carboxylic acids is 3. The molecular formula is C27H29BrN4O8S. The van der Waals surface area contributed by atoms with Crippen LogP contribution in [0.15, 0.2) is 57.2 Å². The van der Waals surface area contributed by atoms with E-state index in [1.165, 1.54) is 20.4 Å². The molecule has 2 aromatic rings. The Morgan fingerprint density at radius 2 is 1.83 bits per heavy atom. The first-order valence-corrected chi connectivity index (χ1v) is 13.4.